The minimum atomic E-state index is -1.10. The van der Waals surface area contributed by atoms with Crippen molar-refractivity contribution in [3.63, 3.8) is 0 Å². The van der Waals surface area contributed by atoms with Gasteiger partial charge in [0.15, 0.2) is 0 Å². The number of aryl methyl sites for hydroxylation is 1. The van der Waals surface area contributed by atoms with Crippen LogP contribution in [0, 0.1) is 6.92 Å². The molecular formula is C14H14O5. The summed E-state index contributed by atoms with van der Waals surface area (Å²) in [5, 5.41) is 17.7. The minimum Gasteiger partial charge on any atom is -0.489 e. The Bertz CT molecular complexity index is 568. The topological polar surface area (TPSA) is 79.9 Å². The van der Waals surface area contributed by atoms with Crippen molar-refractivity contribution in [2.45, 2.75) is 20.1 Å². The summed E-state index contributed by atoms with van der Waals surface area (Å²) in [5.41, 5.74) is 1.50. The van der Waals surface area contributed by atoms with Crippen molar-refractivity contribution in [2.75, 3.05) is 0 Å². The molecule has 5 heteroatoms. The summed E-state index contributed by atoms with van der Waals surface area (Å²) in [5.74, 6) is -0.00701. The summed E-state index contributed by atoms with van der Waals surface area (Å²) in [6.45, 7) is 1.92. The molecule has 0 spiro atoms. The van der Waals surface area contributed by atoms with Gasteiger partial charge in [0.2, 0.25) is 5.76 Å². The highest BCUT2D eigenvalue weighted by Gasteiger charge is 2.13. The van der Waals surface area contributed by atoms with Crippen LogP contribution in [-0.4, -0.2) is 16.2 Å². The van der Waals surface area contributed by atoms with E-state index in [0.717, 1.165) is 5.56 Å². The van der Waals surface area contributed by atoms with Gasteiger partial charge in [0, 0.05) is 5.56 Å². The first-order valence-corrected chi connectivity index (χ1v) is 5.75. The van der Waals surface area contributed by atoms with Crippen LogP contribution in [0.25, 0.3) is 0 Å². The summed E-state index contributed by atoms with van der Waals surface area (Å²) < 4.78 is 10.6. The van der Waals surface area contributed by atoms with Crippen LogP contribution in [0.5, 0.6) is 5.75 Å². The Hall–Kier alpha value is -2.27. The summed E-state index contributed by atoms with van der Waals surface area (Å²) >= 11 is 0. The Balaban J connectivity index is 2.03. The maximum Gasteiger partial charge on any atom is 0.371 e. The van der Waals surface area contributed by atoms with Gasteiger partial charge in [0.05, 0.1) is 6.61 Å². The van der Waals surface area contributed by atoms with Gasteiger partial charge in [-0.25, -0.2) is 4.79 Å². The molecule has 19 heavy (non-hydrogen) atoms. The van der Waals surface area contributed by atoms with Crippen LogP contribution in [-0.2, 0) is 13.2 Å². The molecule has 2 N–H and O–H groups in total. The zero-order chi connectivity index (χ0) is 13.8. The summed E-state index contributed by atoms with van der Waals surface area (Å²) in [4.78, 5) is 10.8. The summed E-state index contributed by atoms with van der Waals surface area (Å²) in [6.07, 6.45) is 0. The summed E-state index contributed by atoms with van der Waals surface area (Å²) in [6, 6.07) is 8.48. The number of carboxylic acid groups (broad SMARTS) is 1. The molecule has 0 radical (unpaired) electrons. The molecule has 1 aromatic carbocycles. The molecular weight excluding hydrogens is 248 g/mol. The predicted octanol–water partition coefficient (Wildman–Crippen LogP) is 2.36. The third-order valence-electron chi connectivity index (χ3n) is 2.73. The predicted molar refractivity (Wildman–Crippen MR) is 67.1 cm³/mol. The van der Waals surface area contributed by atoms with Gasteiger partial charge in [-0.05, 0) is 30.7 Å². The molecule has 0 fully saturated rings. The normalized spacial score (nSPS) is 10.4. The van der Waals surface area contributed by atoms with Crippen LogP contribution in [0.1, 0.15) is 27.4 Å². The first kappa shape index (κ1) is 13.2. The molecule has 5 nitrogen and oxygen atoms in total. The van der Waals surface area contributed by atoms with Gasteiger partial charge in [0.1, 0.15) is 18.1 Å². The fraction of sp³-hybridized carbons (Fsp3) is 0.214. The largest absolute Gasteiger partial charge is 0.489 e. The molecule has 0 aliphatic carbocycles. The Morgan fingerprint density at radius 1 is 1.32 bits per heavy atom. The van der Waals surface area contributed by atoms with E-state index in [9.17, 15) is 4.79 Å². The van der Waals surface area contributed by atoms with Crippen molar-refractivity contribution in [2.24, 2.45) is 0 Å². The molecule has 0 atom stereocenters. The fourth-order valence-corrected chi connectivity index (χ4v) is 1.62. The van der Waals surface area contributed by atoms with E-state index >= 15 is 0 Å². The smallest absolute Gasteiger partial charge is 0.371 e. The molecule has 0 bridgehead atoms. The zero-order valence-electron chi connectivity index (χ0n) is 10.4. The molecule has 0 saturated heterocycles. The maximum atomic E-state index is 10.8. The first-order chi connectivity index (χ1) is 9.10. The number of aromatic carboxylic acids is 1. The highest BCUT2D eigenvalue weighted by Crippen LogP contribution is 2.18. The van der Waals surface area contributed by atoms with Gasteiger partial charge in [-0.15, -0.1) is 0 Å². The van der Waals surface area contributed by atoms with E-state index < -0.39 is 5.97 Å². The summed E-state index contributed by atoms with van der Waals surface area (Å²) in [7, 11) is 0. The van der Waals surface area contributed by atoms with Gasteiger partial charge in [-0.1, -0.05) is 12.1 Å². The maximum absolute atomic E-state index is 10.8. The van der Waals surface area contributed by atoms with Crippen LogP contribution in [0.15, 0.2) is 34.7 Å². The van der Waals surface area contributed by atoms with Crippen LogP contribution >= 0.6 is 0 Å². The average Bonchev–Trinajstić information content (AvgIpc) is 2.79. The van der Waals surface area contributed by atoms with Gasteiger partial charge < -0.3 is 19.4 Å². The van der Waals surface area contributed by atoms with Crippen molar-refractivity contribution in [1.82, 2.24) is 0 Å². The number of benzene rings is 1. The van der Waals surface area contributed by atoms with Crippen molar-refractivity contribution in [3.05, 3.63) is 53.0 Å². The number of aliphatic hydroxyl groups is 1. The standard InChI is InChI=1S/C14H14O5/c1-9-11(6-13(19-9)14(16)17)8-18-12-4-2-10(7-15)3-5-12/h2-6,15H,7-8H2,1H3,(H,16,17). The molecule has 2 rings (SSSR count). The number of hydrogen-bond donors (Lipinski definition) is 2. The van der Waals surface area contributed by atoms with Crippen molar-refractivity contribution in [3.8, 4) is 5.75 Å². The number of carboxylic acids is 1. The van der Waals surface area contributed by atoms with Gasteiger partial charge >= 0.3 is 5.97 Å². The molecule has 0 aliphatic heterocycles. The van der Waals surface area contributed by atoms with Crippen molar-refractivity contribution >= 4 is 5.97 Å². The molecule has 0 amide bonds. The number of aliphatic hydroxyl groups excluding tert-OH is 1. The lowest BCUT2D eigenvalue weighted by atomic mass is 10.2. The second-order valence-corrected chi connectivity index (χ2v) is 4.09. The number of hydrogen-bond acceptors (Lipinski definition) is 4. The molecule has 1 aromatic heterocycles. The van der Waals surface area contributed by atoms with Crippen molar-refractivity contribution < 1.29 is 24.2 Å². The number of ether oxygens (including phenoxy) is 1. The van der Waals surface area contributed by atoms with Crippen LogP contribution in [0.3, 0.4) is 0 Å². The number of carbonyl (C=O) groups is 1. The fourth-order valence-electron chi connectivity index (χ4n) is 1.62. The Kier molecular flexibility index (Phi) is 3.87. The van der Waals surface area contributed by atoms with Gasteiger partial charge in [0.25, 0.3) is 0 Å². The zero-order valence-corrected chi connectivity index (χ0v) is 10.4. The third kappa shape index (κ3) is 3.14. The van der Waals surface area contributed by atoms with Crippen LogP contribution < -0.4 is 4.74 Å². The van der Waals surface area contributed by atoms with Crippen LogP contribution in [0.4, 0.5) is 0 Å². The average molecular weight is 262 g/mol. The van der Waals surface area contributed by atoms with Crippen LogP contribution in [0.2, 0.25) is 0 Å². The van der Waals surface area contributed by atoms with E-state index in [-0.39, 0.29) is 19.0 Å². The molecule has 0 saturated carbocycles. The highest BCUT2D eigenvalue weighted by molar-refractivity contribution is 5.84. The Labute approximate surface area is 110 Å². The second kappa shape index (κ2) is 5.58. The number of rotatable bonds is 5. The van der Waals surface area contributed by atoms with Gasteiger partial charge in [-0.2, -0.15) is 0 Å². The SMILES string of the molecule is Cc1oc(C(=O)O)cc1COc1ccc(CO)cc1. The van der Waals surface area contributed by atoms with E-state index in [1.54, 1.807) is 31.2 Å². The van der Waals surface area contributed by atoms with E-state index in [0.29, 0.717) is 17.1 Å². The highest BCUT2D eigenvalue weighted by atomic mass is 16.5. The van der Waals surface area contributed by atoms with Crippen molar-refractivity contribution in [1.29, 1.82) is 0 Å². The molecule has 0 aliphatic rings. The molecule has 1 heterocycles. The quantitative estimate of drug-likeness (QED) is 0.864. The van der Waals surface area contributed by atoms with Gasteiger partial charge in [-0.3, -0.25) is 0 Å². The molecule has 2 aromatic rings. The molecule has 0 unspecified atom stereocenters. The lowest BCUT2D eigenvalue weighted by Gasteiger charge is -2.05. The van der Waals surface area contributed by atoms with E-state index in [1.165, 1.54) is 6.07 Å². The lowest BCUT2D eigenvalue weighted by molar-refractivity contribution is 0.0661. The Morgan fingerprint density at radius 2 is 2.00 bits per heavy atom. The lowest BCUT2D eigenvalue weighted by Crippen LogP contribution is -1.96. The monoisotopic (exact) mass is 262 g/mol. The van der Waals surface area contributed by atoms with E-state index in [2.05, 4.69) is 0 Å². The Morgan fingerprint density at radius 3 is 2.53 bits per heavy atom. The third-order valence-corrected chi connectivity index (χ3v) is 2.73. The number of furan rings is 1. The minimum absolute atomic E-state index is 0.0108. The van der Waals surface area contributed by atoms with E-state index in [1.807, 2.05) is 0 Å². The molecule has 100 valence electrons. The second-order valence-electron chi connectivity index (χ2n) is 4.09. The first-order valence-electron chi connectivity index (χ1n) is 5.75. The van der Waals surface area contributed by atoms with E-state index in [4.69, 9.17) is 19.4 Å².